The summed E-state index contributed by atoms with van der Waals surface area (Å²) in [5, 5.41) is 10.3. The summed E-state index contributed by atoms with van der Waals surface area (Å²) in [7, 11) is 0. The van der Waals surface area contributed by atoms with E-state index >= 15 is 0 Å². The Kier molecular flexibility index (Phi) is 3.41. The molecule has 0 radical (unpaired) electrons. The number of para-hydroxylation sites is 1. The number of carboxylic acids is 1. The number of carbonyl (C=O) groups excluding carboxylic acids is 1. The molecule has 0 saturated heterocycles. The summed E-state index contributed by atoms with van der Waals surface area (Å²) < 4.78 is 10.5. The van der Waals surface area contributed by atoms with E-state index < -0.39 is 12.6 Å². The zero-order valence-corrected chi connectivity index (χ0v) is 11.0. The molecule has 0 saturated carbocycles. The lowest BCUT2D eigenvalue weighted by Crippen LogP contribution is -2.14. The van der Waals surface area contributed by atoms with Crippen LogP contribution in [0.4, 0.5) is 0 Å². The number of ether oxygens (including phenoxy) is 1. The van der Waals surface area contributed by atoms with Crippen molar-refractivity contribution in [2.24, 2.45) is 0 Å². The highest BCUT2D eigenvalue weighted by Gasteiger charge is 2.11. The van der Waals surface area contributed by atoms with Gasteiger partial charge in [0.15, 0.2) is 5.78 Å². The highest BCUT2D eigenvalue weighted by Crippen LogP contribution is 2.29. The average Bonchev–Trinajstić information content (AvgIpc) is 2.84. The van der Waals surface area contributed by atoms with Crippen LogP contribution in [-0.4, -0.2) is 30.1 Å². The first-order chi connectivity index (χ1) is 10.1. The van der Waals surface area contributed by atoms with Gasteiger partial charge in [-0.25, -0.2) is 4.79 Å². The standard InChI is InChI=1S/C16H12O5/c17-13(8-20-9-16(18)19)10-5-6-15-12(7-10)11-3-1-2-4-14(11)21-15/h1-7H,8-9H2,(H,18,19). The zero-order chi connectivity index (χ0) is 14.8. The second kappa shape index (κ2) is 5.38. The number of carboxylic acid groups (broad SMARTS) is 1. The van der Waals surface area contributed by atoms with Gasteiger partial charge in [0, 0.05) is 16.3 Å². The molecule has 1 aromatic heterocycles. The van der Waals surface area contributed by atoms with Crippen molar-refractivity contribution in [2.45, 2.75) is 0 Å². The average molecular weight is 284 g/mol. The number of aliphatic carboxylic acids is 1. The van der Waals surface area contributed by atoms with Crippen molar-refractivity contribution in [1.29, 1.82) is 0 Å². The van der Waals surface area contributed by atoms with Gasteiger partial charge in [0.05, 0.1) is 0 Å². The second-order valence-electron chi connectivity index (χ2n) is 4.62. The van der Waals surface area contributed by atoms with Gasteiger partial charge >= 0.3 is 5.97 Å². The number of hydrogen-bond acceptors (Lipinski definition) is 4. The van der Waals surface area contributed by atoms with Crippen LogP contribution >= 0.6 is 0 Å². The number of benzene rings is 2. The van der Waals surface area contributed by atoms with Crippen molar-refractivity contribution in [1.82, 2.24) is 0 Å². The fraction of sp³-hybridized carbons (Fsp3) is 0.125. The summed E-state index contributed by atoms with van der Waals surface area (Å²) in [6.07, 6.45) is 0. The van der Waals surface area contributed by atoms with Gasteiger partial charge in [0.25, 0.3) is 0 Å². The van der Waals surface area contributed by atoms with E-state index in [0.717, 1.165) is 16.4 Å². The predicted molar refractivity (Wildman–Crippen MR) is 76.5 cm³/mol. The third-order valence-electron chi connectivity index (χ3n) is 3.16. The van der Waals surface area contributed by atoms with Gasteiger partial charge in [0.1, 0.15) is 24.4 Å². The Bertz CT molecular complexity index is 831. The van der Waals surface area contributed by atoms with Crippen LogP contribution in [0.15, 0.2) is 46.9 Å². The van der Waals surface area contributed by atoms with Crippen molar-refractivity contribution < 1.29 is 23.8 Å². The minimum absolute atomic E-state index is 0.256. The first-order valence-corrected chi connectivity index (χ1v) is 6.39. The van der Waals surface area contributed by atoms with E-state index in [0.29, 0.717) is 11.1 Å². The van der Waals surface area contributed by atoms with Crippen LogP contribution in [0.1, 0.15) is 10.4 Å². The van der Waals surface area contributed by atoms with Gasteiger partial charge in [-0.15, -0.1) is 0 Å². The smallest absolute Gasteiger partial charge is 0.329 e. The lowest BCUT2D eigenvalue weighted by Gasteiger charge is -2.01. The van der Waals surface area contributed by atoms with E-state index in [4.69, 9.17) is 14.3 Å². The highest BCUT2D eigenvalue weighted by atomic mass is 16.5. The fourth-order valence-corrected chi connectivity index (χ4v) is 2.21. The molecule has 3 aromatic rings. The summed E-state index contributed by atoms with van der Waals surface area (Å²) in [6, 6.07) is 12.7. The highest BCUT2D eigenvalue weighted by molar-refractivity contribution is 6.08. The van der Waals surface area contributed by atoms with Crippen molar-refractivity contribution in [2.75, 3.05) is 13.2 Å². The minimum Gasteiger partial charge on any atom is -0.480 e. The Morgan fingerprint density at radius 3 is 2.57 bits per heavy atom. The number of fused-ring (bicyclic) bond motifs is 3. The molecule has 0 aliphatic rings. The third-order valence-corrected chi connectivity index (χ3v) is 3.16. The van der Waals surface area contributed by atoms with Crippen LogP contribution in [0.2, 0.25) is 0 Å². The summed E-state index contributed by atoms with van der Waals surface area (Å²) in [4.78, 5) is 22.3. The lowest BCUT2D eigenvalue weighted by molar-refractivity contribution is -0.141. The topological polar surface area (TPSA) is 76.7 Å². The number of carbonyl (C=O) groups is 2. The zero-order valence-electron chi connectivity index (χ0n) is 11.0. The van der Waals surface area contributed by atoms with Gasteiger partial charge < -0.3 is 14.3 Å². The first-order valence-electron chi connectivity index (χ1n) is 6.39. The molecule has 1 heterocycles. The molecule has 2 aromatic carbocycles. The SMILES string of the molecule is O=C(O)COCC(=O)c1ccc2oc3ccccc3c2c1. The summed E-state index contributed by atoms with van der Waals surface area (Å²) in [6.45, 7) is -0.740. The molecule has 1 N–H and O–H groups in total. The van der Waals surface area contributed by atoms with Crippen molar-refractivity contribution in [3.05, 3.63) is 48.0 Å². The Morgan fingerprint density at radius 2 is 1.76 bits per heavy atom. The van der Waals surface area contributed by atoms with E-state index in [9.17, 15) is 9.59 Å². The van der Waals surface area contributed by atoms with Gasteiger partial charge in [-0.3, -0.25) is 4.79 Å². The molecule has 0 spiro atoms. The molecular formula is C16H12O5. The maximum Gasteiger partial charge on any atom is 0.329 e. The minimum atomic E-state index is -1.10. The maximum atomic E-state index is 12.0. The second-order valence-corrected chi connectivity index (χ2v) is 4.62. The van der Waals surface area contributed by atoms with E-state index in [1.807, 2.05) is 24.3 Å². The Morgan fingerprint density at radius 1 is 1.00 bits per heavy atom. The summed E-state index contributed by atoms with van der Waals surface area (Å²) >= 11 is 0. The molecule has 0 bridgehead atoms. The predicted octanol–water partition coefficient (Wildman–Crippen LogP) is 2.87. The van der Waals surface area contributed by atoms with Gasteiger partial charge in [-0.2, -0.15) is 0 Å². The first kappa shape index (κ1) is 13.3. The normalized spacial score (nSPS) is 11.0. The Labute approximate surface area is 119 Å². The van der Waals surface area contributed by atoms with Gasteiger partial charge in [0.2, 0.25) is 0 Å². The molecule has 0 fully saturated rings. The third kappa shape index (κ3) is 2.64. The maximum absolute atomic E-state index is 12.0. The largest absolute Gasteiger partial charge is 0.480 e. The van der Waals surface area contributed by atoms with Crippen molar-refractivity contribution in [3.63, 3.8) is 0 Å². The van der Waals surface area contributed by atoms with E-state index in [1.54, 1.807) is 18.2 Å². The van der Waals surface area contributed by atoms with Gasteiger partial charge in [-0.1, -0.05) is 18.2 Å². The fourth-order valence-electron chi connectivity index (χ4n) is 2.21. The molecule has 5 heteroatoms. The number of Topliss-reactive ketones (excluding diaryl/α,β-unsaturated/α-hetero) is 1. The number of hydrogen-bond donors (Lipinski definition) is 1. The molecule has 5 nitrogen and oxygen atoms in total. The van der Waals surface area contributed by atoms with Crippen LogP contribution in [0, 0.1) is 0 Å². The monoisotopic (exact) mass is 284 g/mol. The molecular weight excluding hydrogens is 272 g/mol. The quantitative estimate of drug-likeness (QED) is 0.729. The van der Waals surface area contributed by atoms with Crippen LogP contribution in [-0.2, 0) is 9.53 Å². The summed E-state index contributed by atoms with van der Waals surface area (Å²) in [5.74, 6) is -1.36. The van der Waals surface area contributed by atoms with Crippen LogP contribution in [0.5, 0.6) is 0 Å². The van der Waals surface area contributed by atoms with Crippen LogP contribution in [0.25, 0.3) is 21.9 Å². The Balaban J connectivity index is 1.91. The molecule has 0 unspecified atom stereocenters. The Hall–Kier alpha value is -2.66. The molecule has 0 atom stereocenters. The van der Waals surface area contributed by atoms with E-state index in [2.05, 4.69) is 0 Å². The number of furan rings is 1. The number of rotatable bonds is 5. The summed E-state index contributed by atoms with van der Waals surface area (Å²) in [5.41, 5.74) is 1.94. The molecule has 106 valence electrons. The molecule has 0 amide bonds. The molecule has 0 aliphatic carbocycles. The molecule has 21 heavy (non-hydrogen) atoms. The van der Waals surface area contributed by atoms with Crippen LogP contribution in [0.3, 0.4) is 0 Å². The van der Waals surface area contributed by atoms with E-state index in [1.165, 1.54) is 0 Å². The molecule has 0 aliphatic heterocycles. The number of ketones is 1. The molecule has 3 rings (SSSR count). The van der Waals surface area contributed by atoms with Crippen molar-refractivity contribution >= 4 is 33.7 Å². The van der Waals surface area contributed by atoms with Crippen molar-refractivity contribution in [3.8, 4) is 0 Å². The van der Waals surface area contributed by atoms with Gasteiger partial charge in [-0.05, 0) is 24.3 Å². The lowest BCUT2D eigenvalue weighted by atomic mass is 10.1. The van der Waals surface area contributed by atoms with E-state index in [-0.39, 0.29) is 12.4 Å². The van der Waals surface area contributed by atoms with Crippen LogP contribution < -0.4 is 0 Å².